The third-order valence-corrected chi connectivity index (χ3v) is 2.79. The smallest absolute Gasteiger partial charge is 0.328 e. The quantitative estimate of drug-likeness (QED) is 0.824. The molecule has 1 amide bonds. The van der Waals surface area contributed by atoms with Gasteiger partial charge in [-0.1, -0.05) is 0 Å². The Morgan fingerprint density at radius 2 is 2.28 bits per heavy atom. The van der Waals surface area contributed by atoms with Gasteiger partial charge >= 0.3 is 5.97 Å². The van der Waals surface area contributed by atoms with Crippen molar-refractivity contribution in [2.45, 2.75) is 19.3 Å². The second kappa shape index (κ2) is 5.44. The van der Waals surface area contributed by atoms with Crippen molar-refractivity contribution in [1.82, 2.24) is 4.98 Å². The first-order valence-electron chi connectivity index (χ1n) is 5.84. The Bertz CT molecular complexity index is 497. The Labute approximate surface area is 105 Å². The zero-order valence-electron chi connectivity index (χ0n) is 9.87. The molecule has 1 N–H and O–H groups in total. The summed E-state index contributed by atoms with van der Waals surface area (Å²) in [4.78, 5) is 28.0. The van der Waals surface area contributed by atoms with Crippen LogP contribution in [0.4, 0.5) is 5.82 Å². The van der Waals surface area contributed by atoms with Crippen LogP contribution in [0.3, 0.4) is 0 Å². The van der Waals surface area contributed by atoms with Gasteiger partial charge in [-0.25, -0.2) is 9.78 Å². The lowest BCUT2D eigenvalue weighted by atomic mass is 10.1. The van der Waals surface area contributed by atoms with Crippen LogP contribution in [0.15, 0.2) is 24.4 Å². The van der Waals surface area contributed by atoms with Crippen LogP contribution in [0, 0.1) is 0 Å². The molecule has 0 spiro atoms. The van der Waals surface area contributed by atoms with E-state index in [4.69, 9.17) is 5.11 Å². The van der Waals surface area contributed by atoms with Crippen LogP contribution in [-0.2, 0) is 9.59 Å². The molecule has 1 fully saturated rings. The van der Waals surface area contributed by atoms with Gasteiger partial charge in [0.1, 0.15) is 5.82 Å². The number of carbonyl (C=O) groups excluding carboxylic acids is 1. The summed E-state index contributed by atoms with van der Waals surface area (Å²) >= 11 is 0. The molecule has 0 unspecified atom stereocenters. The average molecular weight is 246 g/mol. The number of hydrogen-bond donors (Lipinski definition) is 1. The molecule has 0 radical (unpaired) electrons. The van der Waals surface area contributed by atoms with Crippen molar-refractivity contribution >= 4 is 23.8 Å². The van der Waals surface area contributed by atoms with Crippen LogP contribution in [0.25, 0.3) is 6.08 Å². The maximum absolute atomic E-state index is 11.7. The molecule has 5 heteroatoms. The topological polar surface area (TPSA) is 70.5 Å². The van der Waals surface area contributed by atoms with Gasteiger partial charge in [-0.15, -0.1) is 0 Å². The molecule has 0 saturated carbocycles. The third kappa shape index (κ3) is 2.94. The van der Waals surface area contributed by atoms with Gasteiger partial charge < -0.3 is 5.11 Å². The standard InChI is InChI=1S/C13H14N2O3/c16-12-3-1-2-8-15(12)11-9-10(6-7-14-11)4-5-13(17)18/h4-7,9H,1-3,8H2,(H,17,18)/b5-4+. The van der Waals surface area contributed by atoms with Crippen LogP contribution in [0.2, 0.25) is 0 Å². The number of hydrogen-bond acceptors (Lipinski definition) is 3. The van der Waals surface area contributed by atoms with E-state index in [1.807, 2.05) is 0 Å². The van der Waals surface area contributed by atoms with E-state index >= 15 is 0 Å². The van der Waals surface area contributed by atoms with Crippen molar-refractivity contribution in [3.05, 3.63) is 30.0 Å². The largest absolute Gasteiger partial charge is 0.478 e. The van der Waals surface area contributed by atoms with Gasteiger partial charge in [0.2, 0.25) is 5.91 Å². The highest BCUT2D eigenvalue weighted by atomic mass is 16.4. The number of piperidine rings is 1. The summed E-state index contributed by atoms with van der Waals surface area (Å²) < 4.78 is 0. The third-order valence-electron chi connectivity index (χ3n) is 2.79. The number of pyridine rings is 1. The highest BCUT2D eigenvalue weighted by molar-refractivity contribution is 5.93. The van der Waals surface area contributed by atoms with Gasteiger partial charge in [-0.2, -0.15) is 0 Å². The molecule has 0 atom stereocenters. The number of anilines is 1. The van der Waals surface area contributed by atoms with E-state index < -0.39 is 5.97 Å². The Morgan fingerprint density at radius 1 is 1.44 bits per heavy atom. The summed E-state index contributed by atoms with van der Waals surface area (Å²) in [5, 5.41) is 8.57. The van der Waals surface area contributed by atoms with Crippen LogP contribution in [-0.4, -0.2) is 28.5 Å². The van der Waals surface area contributed by atoms with E-state index in [9.17, 15) is 9.59 Å². The molecule has 5 nitrogen and oxygen atoms in total. The molecular weight excluding hydrogens is 232 g/mol. The lowest BCUT2D eigenvalue weighted by molar-refractivity contribution is -0.131. The van der Waals surface area contributed by atoms with E-state index in [0.29, 0.717) is 18.8 Å². The summed E-state index contributed by atoms with van der Waals surface area (Å²) in [6, 6.07) is 3.43. The molecule has 18 heavy (non-hydrogen) atoms. The van der Waals surface area contributed by atoms with E-state index in [2.05, 4.69) is 4.98 Å². The van der Waals surface area contributed by atoms with E-state index in [1.165, 1.54) is 6.08 Å². The summed E-state index contributed by atoms with van der Waals surface area (Å²) in [7, 11) is 0. The second-order valence-electron chi connectivity index (χ2n) is 4.12. The fourth-order valence-electron chi connectivity index (χ4n) is 1.90. The molecule has 1 aromatic heterocycles. The number of nitrogens with zero attached hydrogens (tertiary/aromatic N) is 2. The zero-order chi connectivity index (χ0) is 13.0. The zero-order valence-corrected chi connectivity index (χ0v) is 9.87. The lowest BCUT2D eigenvalue weighted by Crippen LogP contribution is -2.35. The van der Waals surface area contributed by atoms with Crippen molar-refractivity contribution in [1.29, 1.82) is 0 Å². The van der Waals surface area contributed by atoms with Gasteiger partial charge in [0.05, 0.1) is 0 Å². The molecule has 1 aliphatic rings. The number of amides is 1. The van der Waals surface area contributed by atoms with E-state index in [-0.39, 0.29) is 5.91 Å². The molecule has 2 heterocycles. The predicted octanol–water partition coefficient (Wildman–Crippen LogP) is 1.70. The Morgan fingerprint density at radius 3 is 3.00 bits per heavy atom. The minimum Gasteiger partial charge on any atom is -0.478 e. The summed E-state index contributed by atoms with van der Waals surface area (Å²) in [5.74, 6) is -0.331. The summed E-state index contributed by atoms with van der Waals surface area (Å²) in [5.41, 5.74) is 0.723. The van der Waals surface area contributed by atoms with Crippen molar-refractivity contribution in [2.75, 3.05) is 11.4 Å². The lowest BCUT2D eigenvalue weighted by Gasteiger charge is -2.25. The second-order valence-corrected chi connectivity index (χ2v) is 4.12. The molecule has 1 aliphatic heterocycles. The van der Waals surface area contributed by atoms with Crippen molar-refractivity contribution < 1.29 is 14.7 Å². The maximum Gasteiger partial charge on any atom is 0.328 e. The van der Waals surface area contributed by atoms with Gasteiger partial charge in [0, 0.05) is 25.2 Å². The highest BCUT2D eigenvalue weighted by Crippen LogP contribution is 2.19. The number of carboxylic acids is 1. The number of aliphatic carboxylic acids is 1. The number of rotatable bonds is 3. The first-order chi connectivity index (χ1) is 8.66. The highest BCUT2D eigenvalue weighted by Gasteiger charge is 2.20. The van der Waals surface area contributed by atoms with Gasteiger partial charge in [-0.05, 0) is 36.6 Å². The fraction of sp³-hybridized carbons (Fsp3) is 0.308. The maximum atomic E-state index is 11.7. The SMILES string of the molecule is O=C(O)/C=C/c1ccnc(N2CCCCC2=O)c1. The predicted molar refractivity (Wildman–Crippen MR) is 67.1 cm³/mol. The van der Waals surface area contributed by atoms with Crippen LogP contribution in [0.5, 0.6) is 0 Å². The Balaban J connectivity index is 2.21. The molecule has 2 rings (SSSR count). The molecule has 1 aromatic rings. The van der Waals surface area contributed by atoms with E-state index in [1.54, 1.807) is 23.2 Å². The van der Waals surface area contributed by atoms with Gasteiger partial charge in [0.15, 0.2) is 0 Å². The monoisotopic (exact) mass is 246 g/mol. The first kappa shape index (κ1) is 12.3. The number of aromatic nitrogens is 1. The number of carboxylic acid groups (broad SMARTS) is 1. The van der Waals surface area contributed by atoms with Crippen LogP contribution >= 0.6 is 0 Å². The normalized spacial score (nSPS) is 16.2. The minimum atomic E-state index is -0.998. The average Bonchev–Trinajstić information content (AvgIpc) is 2.37. The Hall–Kier alpha value is -2.17. The fourth-order valence-corrected chi connectivity index (χ4v) is 1.90. The number of carbonyl (C=O) groups is 2. The van der Waals surface area contributed by atoms with Crippen LogP contribution in [0.1, 0.15) is 24.8 Å². The molecular formula is C13H14N2O3. The summed E-state index contributed by atoms with van der Waals surface area (Å²) in [6.45, 7) is 0.679. The van der Waals surface area contributed by atoms with Crippen LogP contribution < -0.4 is 4.90 Å². The molecule has 94 valence electrons. The van der Waals surface area contributed by atoms with Gasteiger partial charge in [-0.3, -0.25) is 9.69 Å². The van der Waals surface area contributed by atoms with Crippen molar-refractivity contribution in [3.63, 3.8) is 0 Å². The minimum absolute atomic E-state index is 0.0770. The van der Waals surface area contributed by atoms with Crippen molar-refractivity contribution in [2.24, 2.45) is 0 Å². The van der Waals surface area contributed by atoms with E-state index in [0.717, 1.165) is 24.5 Å². The summed E-state index contributed by atoms with van der Waals surface area (Å²) in [6.07, 6.45) is 6.59. The molecule has 0 bridgehead atoms. The molecule has 0 aromatic carbocycles. The Kier molecular flexibility index (Phi) is 3.72. The molecule has 0 aliphatic carbocycles. The first-order valence-corrected chi connectivity index (χ1v) is 5.84. The van der Waals surface area contributed by atoms with Gasteiger partial charge in [0.25, 0.3) is 0 Å². The van der Waals surface area contributed by atoms with Crippen molar-refractivity contribution in [3.8, 4) is 0 Å². The molecule has 1 saturated heterocycles.